The molecular weight excluding hydrogens is 312 g/mol. The van der Waals surface area contributed by atoms with Gasteiger partial charge in [0.05, 0.1) is 18.9 Å². The number of nitrogens with zero attached hydrogens (tertiary/aromatic N) is 1. The van der Waals surface area contributed by atoms with Crippen LogP contribution in [0.25, 0.3) is 0 Å². The van der Waals surface area contributed by atoms with Crippen LogP contribution < -0.4 is 10.2 Å². The Morgan fingerprint density at radius 1 is 1.22 bits per heavy atom. The van der Waals surface area contributed by atoms with Crippen LogP contribution in [0, 0.1) is 0 Å². The average Bonchev–Trinajstić information content (AvgIpc) is 2.55. The third-order valence-corrected chi connectivity index (χ3v) is 3.62. The summed E-state index contributed by atoms with van der Waals surface area (Å²) in [7, 11) is 1.50. The molecule has 0 radical (unpaired) electrons. The summed E-state index contributed by atoms with van der Waals surface area (Å²) < 4.78 is 5.15. The van der Waals surface area contributed by atoms with E-state index < -0.39 is 0 Å². The SMILES string of the molecule is COc1ccc(Cl)cc1C(=O)N/N=C/c1ccc(C(C)C)cc1. The van der Waals surface area contributed by atoms with E-state index >= 15 is 0 Å². The number of benzene rings is 2. The number of hydrazone groups is 1. The number of halogens is 1. The van der Waals surface area contributed by atoms with E-state index in [1.165, 1.54) is 12.7 Å². The molecule has 0 aliphatic heterocycles. The number of nitrogens with one attached hydrogen (secondary N) is 1. The zero-order valence-electron chi connectivity index (χ0n) is 13.3. The second-order valence-corrected chi connectivity index (χ2v) is 5.80. The molecule has 1 N–H and O–H groups in total. The van der Waals surface area contributed by atoms with Gasteiger partial charge in [-0.2, -0.15) is 5.10 Å². The summed E-state index contributed by atoms with van der Waals surface area (Å²) in [6, 6.07) is 12.9. The molecule has 5 heteroatoms. The molecule has 0 fully saturated rings. The van der Waals surface area contributed by atoms with Gasteiger partial charge in [0.2, 0.25) is 0 Å². The van der Waals surface area contributed by atoms with Crippen LogP contribution in [0.15, 0.2) is 47.6 Å². The average molecular weight is 331 g/mol. The lowest BCUT2D eigenvalue weighted by molar-refractivity contribution is 0.0952. The highest BCUT2D eigenvalue weighted by molar-refractivity contribution is 6.31. The number of carbonyl (C=O) groups excluding carboxylic acids is 1. The fourth-order valence-corrected chi connectivity index (χ4v) is 2.22. The predicted molar refractivity (Wildman–Crippen MR) is 93.6 cm³/mol. The number of hydrogen-bond acceptors (Lipinski definition) is 3. The van der Waals surface area contributed by atoms with Gasteiger partial charge in [0.15, 0.2) is 0 Å². The number of carbonyl (C=O) groups is 1. The summed E-state index contributed by atoms with van der Waals surface area (Å²) in [6.45, 7) is 4.28. The van der Waals surface area contributed by atoms with E-state index in [2.05, 4.69) is 24.4 Å². The van der Waals surface area contributed by atoms with E-state index in [9.17, 15) is 4.79 Å². The molecule has 0 saturated carbocycles. The molecule has 2 aromatic rings. The Morgan fingerprint density at radius 3 is 2.52 bits per heavy atom. The molecule has 0 aromatic heterocycles. The van der Waals surface area contributed by atoms with Crippen molar-refractivity contribution in [2.24, 2.45) is 5.10 Å². The molecule has 0 heterocycles. The summed E-state index contributed by atoms with van der Waals surface area (Å²) >= 11 is 5.91. The molecule has 0 bridgehead atoms. The molecule has 0 spiro atoms. The van der Waals surface area contributed by atoms with Crippen molar-refractivity contribution < 1.29 is 9.53 Å². The Bertz CT molecular complexity index is 709. The van der Waals surface area contributed by atoms with Gasteiger partial charge >= 0.3 is 0 Å². The number of ether oxygens (including phenoxy) is 1. The molecule has 0 aliphatic carbocycles. The fourth-order valence-electron chi connectivity index (χ4n) is 2.05. The minimum absolute atomic E-state index is 0.340. The minimum Gasteiger partial charge on any atom is -0.496 e. The zero-order chi connectivity index (χ0) is 16.8. The van der Waals surface area contributed by atoms with E-state index in [1.807, 2.05) is 24.3 Å². The zero-order valence-corrected chi connectivity index (χ0v) is 14.1. The molecular formula is C18H19ClN2O2. The van der Waals surface area contributed by atoms with Crippen LogP contribution in [0.3, 0.4) is 0 Å². The lowest BCUT2D eigenvalue weighted by Gasteiger charge is -2.07. The molecule has 23 heavy (non-hydrogen) atoms. The smallest absolute Gasteiger partial charge is 0.275 e. The topological polar surface area (TPSA) is 50.7 Å². The normalized spacial score (nSPS) is 11.0. The van der Waals surface area contributed by atoms with Gasteiger partial charge in [0, 0.05) is 5.02 Å². The van der Waals surface area contributed by atoms with Gasteiger partial charge in [0.1, 0.15) is 5.75 Å². The van der Waals surface area contributed by atoms with E-state index in [0.717, 1.165) is 5.56 Å². The highest BCUT2D eigenvalue weighted by Crippen LogP contribution is 2.22. The third kappa shape index (κ3) is 4.57. The first kappa shape index (κ1) is 17.0. The summed E-state index contributed by atoms with van der Waals surface area (Å²) in [6.07, 6.45) is 1.60. The number of amides is 1. The lowest BCUT2D eigenvalue weighted by Crippen LogP contribution is -2.18. The maximum Gasteiger partial charge on any atom is 0.275 e. The van der Waals surface area contributed by atoms with Crippen molar-refractivity contribution in [2.45, 2.75) is 19.8 Å². The van der Waals surface area contributed by atoms with Crippen molar-refractivity contribution in [3.05, 3.63) is 64.2 Å². The Morgan fingerprint density at radius 2 is 1.91 bits per heavy atom. The van der Waals surface area contributed by atoms with Crippen molar-refractivity contribution in [3.8, 4) is 5.75 Å². The summed E-state index contributed by atoms with van der Waals surface area (Å²) in [5, 5.41) is 4.44. The van der Waals surface area contributed by atoms with Gasteiger partial charge in [-0.15, -0.1) is 0 Å². The van der Waals surface area contributed by atoms with Crippen LogP contribution in [0.5, 0.6) is 5.75 Å². The maximum absolute atomic E-state index is 12.1. The highest BCUT2D eigenvalue weighted by Gasteiger charge is 2.12. The second-order valence-electron chi connectivity index (χ2n) is 5.37. The van der Waals surface area contributed by atoms with Crippen molar-refractivity contribution in [1.82, 2.24) is 5.43 Å². The number of hydrogen-bond donors (Lipinski definition) is 1. The predicted octanol–water partition coefficient (Wildman–Crippen LogP) is 4.24. The van der Waals surface area contributed by atoms with Crippen molar-refractivity contribution >= 4 is 23.7 Å². The molecule has 1 amide bonds. The van der Waals surface area contributed by atoms with Crippen LogP contribution in [-0.2, 0) is 0 Å². The van der Waals surface area contributed by atoms with Crippen molar-refractivity contribution in [3.63, 3.8) is 0 Å². The largest absolute Gasteiger partial charge is 0.496 e. The lowest BCUT2D eigenvalue weighted by atomic mass is 10.0. The van der Waals surface area contributed by atoms with Crippen LogP contribution in [-0.4, -0.2) is 19.2 Å². The number of methoxy groups -OCH3 is 1. The first-order chi connectivity index (χ1) is 11.0. The van der Waals surface area contributed by atoms with Crippen molar-refractivity contribution in [2.75, 3.05) is 7.11 Å². The van der Waals surface area contributed by atoms with Gasteiger partial charge in [-0.1, -0.05) is 49.7 Å². The Hall–Kier alpha value is -2.33. The minimum atomic E-state index is -0.376. The standard InChI is InChI=1S/C18H19ClN2O2/c1-12(2)14-6-4-13(5-7-14)11-20-21-18(22)16-10-15(19)8-9-17(16)23-3/h4-12H,1-3H3,(H,21,22)/b20-11+. The van der Waals surface area contributed by atoms with Gasteiger partial charge in [0.25, 0.3) is 5.91 Å². The molecule has 0 unspecified atom stereocenters. The van der Waals surface area contributed by atoms with Crippen molar-refractivity contribution in [1.29, 1.82) is 0 Å². The maximum atomic E-state index is 12.1. The Balaban J connectivity index is 2.05. The van der Waals surface area contributed by atoms with E-state index in [4.69, 9.17) is 16.3 Å². The molecule has 120 valence electrons. The Kier molecular flexibility index (Phi) is 5.77. The Labute approximate surface area is 141 Å². The van der Waals surface area contributed by atoms with E-state index in [-0.39, 0.29) is 5.91 Å². The van der Waals surface area contributed by atoms with Gasteiger partial charge in [-0.25, -0.2) is 5.43 Å². The van der Waals surface area contributed by atoms with Gasteiger partial charge in [-0.05, 0) is 35.2 Å². The van der Waals surface area contributed by atoms with Gasteiger partial charge in [-0.3, -0.25) is 4.79 Å². The van der Waals surface area contributed by atoms with Crippen LogP contribution in [0.4, 0.5) is 0 Å². The molecule has 0 saturated heterocycles. The van der Waals surface area contributed by atoms with E-state index in [0.29, 0.717) is 22.3 Å². The monoisotopic (exact) mass is 330 g/mol. The fraction of sp³-hybridized carbons (Fsp3) is 0.222. The molecule has 2 aromatic carbocycles. The molecule has 0 atom stereocenters. The quantitative estimate of drug-likeness (QED) is 0.658. The van der Waals surface area contributed by atoms with E-state index in [1.54, 1.807) is 24.4 Å². The summed E-state index contributed by atoms with van der Waals surface area (Å²) in [4.78, 5) is 12.1. The summed E-state index contributed by atoms with van der Waals surface area (Å²) in [5.41, 5.74) is 4.99. The highest BCUT2D eigenvalue weighted by atomic mass is 35.5. The summed E-state index contributed by atoms with van der Waals surface area (Å²) in [5.74, 6) is 0.554. The second kappa shape index (κ2) is 7.79. The first-order valence-corrected chi connectivity index (χ1v) is 7.66. The van der Waals surface area contributed by atoms with Crippen LogP contribution in [0.1, 0.15) is 41.3 Å². The molecule has 2 rings (SSSR count). The molecule has 0 aliphatic rings. The molecule has 4 nitrogen and oxygen atoms in total. The van der Waals surface area contributed by atoms with Crippen LogP contribution in [0.2, 0.25) is 5.02 Å². The number of rotatable bonds is 5. The van der Waals surface area contributed by atoms with Crippen LogP contribution >= 0.6 is 11.6 Å². The van der Waals surface area contributed by atoms with Gasteiger partial charge < -0.3 is 4.74 Å². The first-order valence-electron chi connectivity index (χ1n) is 7.28. The third-order valence-electron chi connectivity index (χ3n) is 3.39.